The highest BCUT2D eigenvalue weighted by atomic mass is 35.5. The first kappa shape index (κ1) is 16.6. The number of ether oxygens (including phenoxy) is 1. The lowest BCUT2D eigenvalue weighted by Crippen LogP contribution is -2.58. The van der Waals surface area contributed by atoms with Gasteiger partial charge in [0.1, 0.15) is 5.82 Å². The van der Waals surface area contributed by atoms with E-state index in [0.717, 1.165) is 19.5 Å². The molecule has 0 amide bonds. The molecular formula is C15H23ClFN3O. The average Bonchev–Trinajstić information content (AvgIpc) is 2.50. The highest BCUT2D eigenvalue weighted by Crippen LogP contribution is 2.36. The summed E-state index contributed by atoms with van der Waals surface area (Å²) < 4.78 is 19.7. The Bertz CT molecular complexity index is 482. The first-order valence-electron chi connectivity index (χ1n) is 7.26. The molecule has 0 radical (unpaired) electrons. The van der Waals surface area contributed by atoms with Crippen molar-refractivity contribution in [3.8, 4) is 0 Å². The second-order valence-corrected chi connectivity index (χ2v) is 6.01. The van der Waals surface area contributed by atoms with Gasteiger partial charge in [-0.15, -0.1) is 0 Å². The summed E-state index contributed by atoms with van der Waals surface area (Å²) >= 11 is 5.84. The van der Waals surface area contributed by atoms with Gasteiger partial charge in [0.2, 0.25) is 0 Å². The lowest BCUT2D eigenvalue weighted by Gasteiger charge is -2.47. The van der Waals surface area contributed by atoms with Gasteiger partial charge < -0.3 is 4.74 Å². The van der Waals surface area contributed by atoms with Crippen LogP contribution < -0.4 is 11.3 Å². The number of hydrazine groups is 1. The standard InChI is InChI=1S/C15H23ClFN3O/c1-3-15(2,20-6-8-21-9-7-20)14(19-18)12-5-4-11(16)10-13(12)17/h4-5,10,14,19H,3,6-9,18H2,1-2H3. The number of nitrogens with zero attached hydrogens (tertiary/aromatic N) is 1. The van der Waals surface area contributed by atoms with Gasteiger partial charge in [0.15, 0.2) is 0 Å². The third kappa shape index (κ3) is 3.38. The molecule has 1 aliphatic heterocycles. The molecular weight excluding hydrogens is 293 g/mol. The van der Waals surface area contributed by atoms with E-state index in [1.165, 1.54) is 6.07 Å². The van der Waals surface area contributed by atoms with E-state index in [0.29, 0.717) is 23.8 Å². The van der Waals surface area contributed by atoms with E-state index in [-0.39, 0.29) is 17.4 Å². The Morgan fingerprint density at radius 1 is 1.48 bits per heavy atom. The molecule has 1 aliphatic rings. The second-order valence-electron chi connectivity index (χ2n) is 5.58. The maximum absolute atomic E-state index is 14.3. The molecule has 0 spiro atoms. The van der Waals surface area contributed by atoms with E-state index in [1.807, 2.05) is 0 Å². The van der Waals surface area contributed by atoms with Crippen LogP contribution in [0.15, 0.2) is 18.2 Å². The number of benzene rings is 1. The molecule has 6 heteroatoms. The maximum Gasteiger partial charge on any atom is 0.129 e. The molecule has 0 bridgehead atoms. The van der Waals surface area contributed by atoms with Gasteiger partial charge in [0.05, 0.1) is 19.3 Å². The van der Waals surface area contributed by atoms with Crippen LogP contribution in [0.25, 0.3) is 0 Å². The van der Waals surface area contributed by atoms with Crippen molar-refractivity contribution < 1.29 is 9.13 Å². The fourth-order valence-corrected chi connectivity index (χ4v) is 3.18. The molecule has 4 nitrogen and oxygen atoms in total. The van der Waals surface area contributed by atoms with Gasteiger partial charge in [-0.2, -0.15) is 0 Å². The minimum absolute atomic E-state index is 0.298. The summed E-state index contributed by atoms with van der Waals surface area (Å²) in [5, 5.41) is 0.386. The fraction of sp³-hybridized carbons (Fsp3) is 0.600. The number of nitrogens with two attached hydrogens (primary N) is 1. The van der Waals surface area contributed by atoms with Crippen molar-refractivity contribution in [2.75, 3.05) is 26.3 Å². The van der Waals surface area contributed by atoms with Crippen molar-refractivity contribution >= 4 is 11.6 Å². The Labute approximate surface area is 130 Å². The molecule has 1 heterocycles. The number of halogens is 2. The highest BCUT2D eigenvalue weighted by molar-refractivity contribution is 6.30. The van der Waals surface area contributed by atoms with Gasteiger partial charge in [0, 0.05) is 29.2 Å². The van der Waals surface area contributed by atoms with E-state index < -0.39 is 0 Å². The van der Waals surface area contributed by atoms with Crippen molar-refractivity contribution in [2.24, 2.45) is 5.84 Å². The first-order chi connectivity index (χ1) is 10.0. The SMILES string of the molecule is CCC(C)(C(NN)c1ccc(Cl)cc1F)N1CCOCC1. The first-order valence-corrected chi connectivity index (χ1v) is 7.64. The monoisotopic (exact) mass is 315 g/mol. The molecule has 3 N–H and O–H groups in total. The number of rotatable bonds is 5. The van der Waals surface area contributed by atoms with Gasteiger partial charge in [-0.05, 0) is 25.5 Å². The van der Waals surface area contributed by atoms with E-state index in [4.69, 9.17) is 22.2 Å². The average molecular weight is 316 g/mol. The van der Waals surface area contributed by atoms with Crippen molar-refractivity contribution in [1.29, 1.82) is 0 Å². The third-order valence-corrected chi connectivity index (χ3v) is 4.75. The van der Waals surface area contributed by atoms with E-state index in [1.54, 1.807) is 12.1 Å². The Morgan fingerprint density at radius 3 is 2.67 bits per heavy atom. The summed E-state index contributed by atoms with van der Waals surface area (Å²) in [4.78, 5) is 2.31. The third-order valence-electron chi connectivity index (χ3n) is 4.51. The Hall–Kier alpha value is -0.720. The predicted octanol–water partition coefficient (Wildman–Crippen LogP) is 2.48. The Morgan fingerprint density at radius 2 is 2.14 bits per heavy atom. The zero-order valence-corrected chi connectivity index (χ0v) is 13.3. The smallest absolute Gasteiger partial charge is 0.129 e. The van der Waals surface area contributed by atoms with E-state index >= 15 is 0 Å². The topological polar surface area (TPSA) is 50.5 Å². The summed E-state index contributed by atoms with van der Waals surface area (Å²) in [6.07, 6.45) is 0.837. The molecule has 0 saturated carbocycles. The largest absolute Gasteiger partial charge is 0.379 e. The predicted molar refractivity (Wildman–Crippen MR) is 82.6 cm³/mol. The molecule has 1 saturated heterocycles. The molecule has 0 aromatic heterocycles. The van der Waals surface area contributed by atoms with Gasteiger partial charge in [-0.1, -0.05) is 24.6 Å². The van der Waals surface area contributed by atoms with Crippen LogP contribution in [0.1, 0.15) is 31.9 Å². The molecule has 1 aromatic carbocycles. The van der Waals surface area contributed by atoms with Crippen LogP contribution in [0.5, 0.6) is 0 Å². The van der Waals surface area contributed by atoms with Crippen LogP contribution >= 0.6 is 11.6 Å². The molecule has 2 rings (SSSR count). The van der Waals surface area contributed by atoms with E-state index in [9.17, 15) is 4.39 Å². The van der Waals surface area contributed by atoms with Crippen LogP contribution in [0.3, 0.4) is 0 Å². The fourth-order valence-electron chi connectivity index (χ4n) is 3.02. The lowest BCUT2D eigenvalue weighted by molar-refractivity contribution is -0.0333. The molecule has 2 atom stereocenters. The number of hydrogen-bond donors (Lipinski definition) is 2. The van der Waals surface area contributed by atoms with Gasteiger partial charge in [0.25, 0.3) is 0 Å². The maximum atomic E-state index is 14.3. The number of nitrogens with one attached hydrogen (secondary N) is 1. The minimum atomic E-state index is -0.335. The van der Waals surface area contributed by atoms with Crippen LogP contribution in [0.4, 0.5) is 4.39 Å². The molecule has 21 heavy (non-hydrogen) atoms. The summed E-state index contributed by atoms with van der Waals surface area (Å²) in [7, 11) is 0. The second kappa shape index (κ2) is 7.03. The summed E-state index contributed by atoms with van der Waals surface area (Å²) in [6, 6.07) is 4.41. The normalized spacial score (nSPS) is 21.0. The lowest BCUT2D eigenvalue weighted by atomic mass is 9.82. The summed E-state index contributed by atoms with van der Waals surface area (Å²) in [5.74, 6) is 5.44. The van der Waals surface area contributed by atoms with Crippen LogP contribution in [0, 0.1) is 5.82 Å². The minimum Gasteiger partial charge on any atom is -0.379 e. The van der Waals surface area contributed by atoms with Crippen LogP contribution in [-0.2, 0) is 4.74 Å². The molecule has 0 aliphatic carbocycles. The van der Waals surface area contributed by atoms with Gasteiger partial charge in [-0.3, -0.25) is 16.2 Å². The zero-order valence-electron chi connectivity index (χ0n) is 12.5. The number of hydrogen-bond acceptors (Lipinski definition) is 4. The van der Waals surface area contributed by atoms with Crippen molar-refractivity contribution in [2.45, 2.75) is 31.8 Å². The van der Waals surface area contributed by atoms with Crippen molar-refractivity contribution in [1.82, 2.24) is 10.3 Å². The Kier molecular flexibility index (Phi) is 5.57. The zero-order chi connectivity index (χ0) is 15.5. The molecule has 2 unspecified atom stereocenters. The van der Waals surface area contributed by atoms with Crippen LogP contribution in [0.2, 0.25) is 5.02 Å². The number of morpholine rings is 1. The molecule has 118 valence electrons. The van der Waals surface area contributed by atoms with Gasteiger partial charge in [-0.25, -0.2) is 4.39 Å². The van der Waals surface area contributed by atoms with Crippen molar-refractivity contribution in [3.05, 3.63) is 34.6 Å². The van der Waals surface area contributed by atoms with Crippen molar-refractivity contribution in [3.63, 3.8) is 0 Å². The Balaban J connectivity index is 2.35. The summed E-state index contributed by atoms with van der Waals surface area (Å²) in [6.45, 7) is 7.21. The van der Waals surface area contributed by atoms with Crippen LogP contribution in [-0.4, -0.2) is 36.7 Å². The van der Waals surface area contributed by atoms with Gasteiger partial charge >= 0.3 is 0 Å². The molecule has 1 aromatic rings. The molecule has 1 fully saturated rings. The van der Waals surface area contributed by atoms with E-state index in [2.05, 4.69) is 24.2 Å². The summed E-state index contributed by atoms with van der Waals surface area (Å²) in [5.41, 5.74) is 3.04. The highest BCUT2D eigenvalue weighted by Gasteiger charge is 2.40. The quantitative estimate of drug-likeness (QED) is 0.647.